The summed E-state index contributed by atoms with van der Waals surface area (Å²) in [5, 5.41) is 0. The predicted molar refractivity (Wildman–Crippen MR) is 59.4 cm³/mol. The highest BCUT2D eigenvalue weighted by Gasteiger charge is 2.07. The van der Waals surface area contributed by atoms with Crippen molar-refractivity contribution in [1.29, 1.82) is 0 Å². The zero-order chi connectivity index (χ0) is 11.4. The van der Waals surface area contributed by atoms with E-state index in [1.54, 1.807) is 12.3 Å². The van der Waals surface area contributed by atoms with Gasteiger partial charge in [0.15, 0.2) is 12.0 Å². The Kier molecular flexibility index (Phi) is 3.19. The number of furan rings is 1. The van der Waals surface area contributed by atoms with Gasteiger partial charge in [0.2, 0.25) is 0 Å². The standard InChI is InChI=1S/C12H14N2O2/c1-2-6-14-7-5-13-12(14)8-10-3-4-11(9-15)16-10/h3-5,7,9H,2,6,8H2,1H3. The first-order valence-corrected chi connectivity index (χ1v) is 5.37. The number of carbonyl (C=O) groups excluding carboxylic acids is 1. The van der Waals surface area contributed by atoms with Crippen LogP contribution in [0.25, 0.3) is 0 Å². The van der Waals surface area contributed by atoms with Crippen LogP contribution >= 0.6 is 0 Å². The van der Waals surface area contributed by atoms with E-state index >= 15 is 0 Å². The number of rotatable bonds is 5. The summed E-state index contributed by atoms with van der Waals surface area (Å²) in [5.41, 5.74) is 0. The molecule has 0 unspecified atom stereocenters. The molecule has 4 nitrogen and oxygen atoms in total. The first kappa shape index (κ1) is 10.7. The quantitative estimate of drug-likeness (QED) is 0.723. The van der Waals surface area contributed by atoms with E-state index < -0.39 is 0 Å². The second kappa shape index (κ2) is 4.79. The summed E-state index contributed by atoms with van der Waals surface area (Å²) < 4.78 is 7.42. The van der Waals surface area contributed by atoms with E-state index in [0.29, 0.717) is 18.5 Å². The van der Waals surface area contributed by atoms with Crippen molar-refractivity contribution in [1.82, 2.24) is 9.55 Å². The average Bonchev–Trinajstić information content (AvgIpc) is 2.90. The number of hydrogen-bond donors (Lipinski definition) is 0. The van der Waals surface area contributed by atoms with Crippen molar-refractivity contribution in [3.63, 3.8) is 0 Å². The molecule has 0 amide bonds. The molecule has 0 bridgehead atoms. The molecule has 0 saturated heterocycles. The summed E-state index contributed by atoms with van der Waals surface area (Å²) in [6.45, 7) is 3.08. The van der Waals surface area contributed by atoms with Crippen LogP contribution in [-0.2, 0) is 13.0 Å². The molecule has 84 valence electrons. The molecular weight excluding hydrogens is 204 g/mol. The Bertz CT molecular complexity index is 471. The van der Waals surface area contributed by atoms with E-state index in [0.717, 1.165) is 24.6 Å². The van der Waals surface area contributed by atoms with Gasteiger partial charge in [0, 0.05) is 18.9 Å². The van der Waals surface area contributed by atoms with Crippen molar-refractivity contribution in [2.45, 2.75) is 26.3 Å². The van der Waals surface area contributed by atoms with E-state index in [-0.39, 0.29) is 0 Å². The number of imidazole rings is 1. The number of aldehydes is 1. The van der Waals surface area contributed by atoms with Gasteiger partial charge in [-0.15, -0.1) is 0 Å². The second-order valence-corrected chi connectivity index (χ2v) is 3.64. The smallest absolute Gasteiger partial charge is 0.185 e. The number of hydrogen-bond acceptors (Lipinski definition) is 3. The number of nitrogens with zero attached hydrogens (tertiary/aromatic N) is 2. The van der Waals surface area contributed by atoms with Crippen LogP contribution < -0.4 is 0 Å². The lowest BCUT2D eigenvalue weighted by Gasteiger charge is -2.04. The van der Waals surface area contributed by atoms with Crippen molar-refractivity contribution in [2.24, 2.45) is 0 Å². The van der Waals surface area contributed by atoms with Crippen molar-refractivity contribution in [2.75, 3.05) is 0 Å². The second-order valence-electron chi connectivity index (χ2n) is 3.64. The minimum atomic E-state index is 0.364. The number of aryl methyl sites for hydroxylation is 1. The molecule has 0 saturated carbocycles. The summed E-state index contributed by atoms with van der Waals surface area (Å²) >= 11 is 0. The fourth-order valence-electron chi connectivity index (χ4n) is 1.66. The molecular formula is C12H14N2O2. The molecule has 0 atom stereocenters. The lowest BCUT2D eigenvalue weighted by atomic mass is 10.3. The monoisotopic (exact) mass is 218 g/mol. The van der Waals surface area contributed by atoms with E-state index in [1.165, 1.54) is 0 Å². The van der Waals surface area contributed by atoms with Gasteiger partial charge >= 0.3 is 0 Å². The van der Waals surface area contributed by atoms with Crippen LogP contribution in [0.5, 0.6) is 0 Å². The van der Waals surface area contributed by atoms with Crippen LogP contribution in [0.1, 0.15) is 35.5 Å². The Hall–Kier alpha value is -1.84. The largest absolute Gasteiger partial charge is 0.458 e. The lowest BCUT2D eigenvalue weighted by molar-refractivity contribution is 0.109. The Morgan fingerprint density at radius 2 is 2.38 bits per heavy atom. The van der Waals surface area contributed by atoms with E-state index in [9.17, 15) is 4.79 Å². The molecule has 16 heavy (non-hydrogen) atoms. The Morgan fingerprint density at radius 3 is 3.06 bits per heavy atom. The number of aromatic nitrogens is 2. The van der Waals surface area contributed by atoms with Crippen molar-refractivity contribution >= 4 is 6.29 Å². The van der Waals surface area contributed by atoms with Crippen molar-refractivity contribution in [3.8, 4) is 0 Å². The first-order chi connectivity index (χ1) is 7.83. The molecule has 0 N–H and O–H groups in total. The third kappa shape index (κ3) is 2.21. The fraction of sp³-hybridized carbons (Fsp3) is 0.333. The zero-order valence-electron chi connectivity index (χ0n) is 9.22. The highest BCUT2D eigenvalue weighted by Crippen LogP contribution is 2.11. The van der Waals surface area contributed by atoms with E-state index in [4.69, 9.17) is 4.42 Å². The van der Waals surface area contributed by atoms with Gasteiger partial charge in [-0.05, 0) is 18.6 Å². The van der Waals surface area contributed by atoms with Gasteiger partial charge < -0.3 is 8.98 Å². The summed E-state index contributed by atoms with van der Waals surface area (Å²) in [7, 11) is 0. The summed E-state index contributed by atoms with van der Waals surface area (Å²) in [6, 6.07) is 3.49. The summed E-state index contributed by atoms with van der Waals surface area (Å²) in [5.74, 6) is 2.10. The van der Waals surface area contributed by atoms with Gasteiger partial charge in [-0.3, -0.25) is 4.79 Å². The molecule has 0 aliphatic heterocycles. The molecule has 2 aromatic rings. The van der Waals surface area contributed by atoms with Gasteiger partial charge in [-0.25, -0.2) is 4.98 Å². The Morgan fingerprint density at radius 1 is 1.50 bits per heavy atom. The highest BCUT2D eigenvalue weighted by atomic mass is 16.3. The molecule has 0 aliphatic rings. The molecule has 4 heteroatoms. The van der Waals surface area contributed by atoms with E-state index in [2.05, 4.69) is 16.5 Å². The molecule has 0 fully saturated rings. The maximum Gasteiger partial charge on any atom is 0.185 e. The SMILES string of the molecule is CCCn1ccnc1Cc1ccc(C=O)o1. The van der Waals surface area contributed by atoms with Crippen LogP contribution in [0.15, 0.2) is 28.9 Å². The highest BCUT2D eigenvalue weighted by molar-refractivity contribution is 5.70. The lowest BCUT2D eigenvalue weighted by Crippen LogP contribution is -2.02. The van der Waals surface area contributed by atoms with E-state index in [1.807, 2.05) is 12.3 Å². The van der Waals surface area contributed by atoms with Crippen molar-refractivity contribution in [3.05, 3.63) is 41.9 Å². The zero-order valence-corrected chi connectivity index (χ0v) is 9.22. The van der Waals surface area contributed by atoms with Gasteiger partial charge in [-0.1, -0.05) is 6.92 Å². The minimum absolute atomic E-state index is 0.364. The molecule has 2 heterocycles. The van der Waals surface area contributed by atoms with Gasteiger partial charge in [0.1, 0.15) is 11.6 Å². The third-order valence-electron chi connectivity index (χ3n) is 2.40. The molecule has 0 aliphatic carbocycles. The van der Waals surface area contributed by atoms with Crippen LogP contribution in [-0.4, -0.2) is 15.8 Å². The average molecular weight is 218 g/mol. The molecule has 2 rings (SSSR count). The third-order valence-corrected chi connectivity index (χ3v) is 2.40. The molecule has 0 radical (unpaired) electrons. The van der Waals surface area contributed by atoms with Crippen LogP contribution in [0.4, 0.5) is 0 Å². The Labute approximate surface area is 93.9 Å². The van der Waals surface area contributed by atoms with Crippen LogP contribution in [0.2, 0.25) is 0 Å². The molecule has 2 aromatic heterocycles. The minimum Gasteiger partial charge on any atom is -0.458 e. The first-order valence-electron chi connectivity index (χ1n) is 5.37. The van der Waals surface area contributed by atoms with Gasteiger partial charge in [-0.2, -0.15) is 0 Å². The fourth-order valence-corrected chi connectivity index (χ4v) is 1.66. The normalized spacial score (nSPS) is 10.6. The maximum absolute atomic E-state index is 10.5. The van der Waals surface area contributed by atoms with Crippen LogP contribution in [0.3, 0.4) is 0 Å². The summed E-state index contributed by atoms with van der Waals surface area (Å²) in [6.07, 6.45) is 6.15. The molecule has 0 spiro atoms. The maximum atomic E-state index is 10.5. The predicted octanol–water partition coefficient (Wildman–Crippen LogP) is 2.29. The number of carbonyl (C=O) groups is 1. The Balaban J connectivity index is 2.13. The summed E-state index contributed by atoms with van der Waals surface area (Å²) in [4.78, 5) is 14.8. The van der Waals surface area contributed by atoms with Gasteiger partial charge in [0.25, 0.3) is 0 Å². The van der Waals surface area contributed by atoms with Gasteiger partial charge in [0.05, 0.1) is 6.42 Å². The van der Waals surface area contributed by atoms with Crippen LogP contribution in [0, 0.1) is 0 Å². The topological polar surface area (TPSA) is 48.0 Å². The van der Waals surface area contributed by atoms with Crippen molar-refractivity contribution < 1.29 is 9.21 Å². The molecule has 0 aromatic carbocycles.